The highest BCUT2D eigenvalue weighted by atomic mass is 16.1. The first-order chi connectivity index (χ1) is 9.75. The van der Waals surface area contributed by atoms with Crippen LogP contribution in [-0.4, -0.2) is 12.5 Å². The van der Waals surface area contributed by atoms with Gasteiger partial charge in [0.25, 0.3) is 0 Å². The Bertz CT molecular complexity index is 522. The van der Waals surface area contributed by atoms with Crippen LogP contribution < -0.4 is 5.32 Å². The molecule has 0 bridgehead atoms. The molecule has 0 saturated heterocycles. The highest BCUT2D eigenvalue weighted by molar-refractivity contribution is 5.78. The van der Waals surface area contributed by atoms with E-state index < -0.39 is 0 Å². The van der Waals surface area contributed by atoms with Gasteiger partial charge in [-0.05, 0) is 24.0 Å². The van der Waals surface area contributed by atoms with E-state index in [1.54, 1.807) is 0 Å². The van der Waals surface area contributed by atoms with Gasteiger partial charge in [-0.1, -0.05) is 67.6 Å². The minimum atomic E-state index is 0.00757. The van der Waals surface area contributed by atoms with Crippen LogP contribution in [0, 0.1) is 5.92 Å². The minimum Gasteiger partial charge on any atom is -0.356 e. The second kappa shape index (κ2) is 7.49. The summed E-state index contributed by atoms with van der Waals surface area (Å²) in [6, 6.07) is 20.4. The van der Waals surface area contributed by atoms with Gasteiger partial charge in [0.2, 0.25) is 5.91 Å². The molecule has 20 heavy (non-hydrogen) atoms. The van der Waals surface area contributed by atoms with Gasteiger partial charge >= 0.3 is 0 Å². The summed E-state index contributed by atoms with van der Waals surface area (Å²) in [5.41, 5.74) is 2.46. The molecular formula is C18H21NO. The number of amides is 1. The van der Waals surface area contributed by atoms with Crippen molar-refractivity contribution in [3.8, 4) is 0 Å². The van der Waals surface area contributed by atoms with E-state index in [2.05, 4.69) is 29.6 Å². The second-order valence-corrected chi connectivity index (χ2v) is 5.12. The van der Waals surface area contributed by atoms with Crippen LogP contribution >= 0.6 is 0 Å². The largest absolute Gasteiger partial charge is 0.356 e. The third-order valence-corrected chi connectivity index (χ3v) is 3.39. The summed E-state index contributed by atoms with van der Waals surface area (Å²) in [7, 11) is 0. The van der Waals surface area contributed by atoms with Gasteiger partial charge in [-0.3, -0.25) is 4.79 Å². The molecule has 2 rings (SSSR count). The van der Waals surface area contributed by atoms with Crippen molar-refractivity contribution in [1.29, 1.82) is 0 Å². The molecule has 1 atom stereocenters. The maximum absolute atomic E-state index is 12.0. The third kappa shape index (κ3) is 4.54. The van der Waals surface area contributed by atoms with Gasteiger partial charge in [-0.2, -0.15) is 0 Å². The lowest BCUT2D eigenvalue weighted by molar-refractivity contribution is -0.124. The highest BCUT2D eigenvalue weighted by Crippen LogP contribution is 2.08. The van der Waals surface area contributed by atoms with Crippen molar-refractivity contribution in [2.75, 3.05) is 6.54 Å². The van der Waals surface area contributed by atoms with Crippen LogP contribution in [0.3, 0.4) is 0 Å². The van der Waals surface area contributed by atoms with Gasteiger partial charge in [0.1, 0.15) is 0 Å². The predicted octanol–water partition coefficient (Wildman–Crippen LogP) is 3.22. The van der Waals surface area contributed by atoms with Gasteiger partial charge in [0, 0.05) is 12.5 Å². The summed E-state index contributed by atoms with van der Waals surface area (Å²) >= 11 is 0. The van der Waals surface area contributed by atoms with Gasteiger partial charge in [-0.25, -0.2) is 0 Å². The molecule has 104 valence electrons. The smallest absolute Gasteiger partial charge is 0.223 e. The molecule has 0 spiro atoms. The normalized spacial score (nSPS) is 11.8. The third-order valence-electron chi connectivity index (χ3n) is 3.39. The molecule has 2 nitrogen and oxygen atoms in total. The molecule has 1 amide bonds. The van der Waals surface area contributed by atoms with Gasteiger partial charge < -0.3 is 5.32 Å². The Morgan fingerprint density at radius 2 is 1.50 bits per heavy atom. The van der Waals surface area contributed by atoms with E-state index in [9.17, 15) is 4.79 Å². The van der Waals surface area contributed by atoms with Crippen molar-refractivity contribution < 1.29 is 4.79 Å². The molecule has 0 aliphatic carbocycles. The zero-order valence-electron chi connectivity index (χ0n) is 11.9. The van der Waals surface area contributed by atoms with Crippen LogP contribution in [-0.2, 0) is 17.6 Å². The lowest BCUT2D eigenvalue weighted by Crippen LogP contribution is -2.31. The van der Waals surface area contributed by atoms with E-state index in [0.29, 0.717) is 6.54 Å². The summed E-state index contributed by atoms with van der Waals surface area (Å²) in [5, 5.41) is 3.01. The minimum absolute atomic E-state index is 0.00757. The summed E-state index contributed by atoms with van der Waals surface area (Å²) in [6.45, 7) is 2.67. The van der Waals surface area contributed by atoms with Gasteiger partial charge in [-0.15, -0.1) is 0 Å². The van der Waals surface area contributed by atoms with Gasteiger partial charge in [0.15, 0.2) is 0 Å². The van der Waals surface area contributed by atoms with E-state index in [-0.39, 0.29) is 11.8 Å². The number of hydrogen-bond acceptors (Lipinski definition) is 1. The Kier molecular flexibility index (Phi) is 5.36. The molecule has 2 heteroatoms. The van der Waals surface area contributed by atoms with Crippen molar-refractivity contribution in [1.82, 2.24) is 5.32 Å². The van der Waals surface area contributed by atoms with E-state index in [0.717, 1.165) is 12.8 Å². The maximum atomic E-state index is 12.0. The number of carbonyl (C=O) groups is 1. The molecule has 0 aliphatic heterocycles. The molecular weight excluding hydrogens is 246 g/mol. The molecule has 0 saturated carbocycles. The average Bonchev–Trinajstić information content (AvgIpc) is 2.49. The topological polar surface area (TPSA) is 29.1 Å². The first kappa shape index (κ1) is 14.3. The molecule has 2 aromatic rings. The standard InChI is InChI=1S/C18H21NO/c1-15(14-17-10-6-3-7-11-17)18(20)19-13-12-16-8-4-2-5-9-16/h2-11,15H,12-14H2,1H3,(H,19,20)/t15-/m0/s1. The fraction of sp³-hybridized carbons (Fsp3) is 0.278. The number of carbonyl (C=O) groups excluding carboxylic acids is 1. The van der Waals surface area contributed by atoms with Crippen molar-refractivity contribution in [3.63, 3.8) is 0 Å². The second-order valence-electron chi connectivity index (χ2n) is 5.12. The summed E-state index contributed by atoms with van der Waals surface area (Å²) in [4.78, 5) is 12.0. The zero-order valence-corrected chi connectivity index (χ0v) is 11.9. The lowest BCUT2D eigenvalue weighted by Gasteiger charge is -2.12. The van der Waals surface area contributed by atoms with Crippen LogP contribution in [0.1, 0.15) is 18.1 Å². The van der Waals surface area contributed by atoms with Crippen molar-refractivity contribution in [2.45, 2.75) is 19.8 Å². The van der Waals surface area contributed by atoms with Crippen molar-refractivity contribution in [3.05, 3.63) is 71.8 Å². The van der Waals surface area contributed by atoms with Crippen LogP contribution in [0.4, 0.5) is 0 Å². The summed E-state index contributed by atoms with van der Waals surface area (Å²) in [5.74, 6) is 0.137. The van der Waals surface area contributed by atoms with Crippen LogP contribution in [0.2, 0.25) is 0 Å². The number of hydrogen-bond donors (Lipinski definition) is 1. The highest BCUT2D eigenvalue weighted by Gasteiger charge is 2.12. The maximum Gasteiger partial charge on any atom is 0.223 e. The van der Waals surface area contributed by atoms with E-state index in [1.807, 2.05) is 43.3 Å². The summed E-state index contributed by atoms with van der Waals surface area (Å²) in [6.07, 6.45) is 1.67. The van der Waals surface area contributed by atoms with E-state index in [4.69, 9.17) is 0 Å². The Balaban J connectivity index is 1.74. The monoisotopic (exact) mass is 267 g/mol. The fourth-order valence-electron chi connectivity index (χ4n) is 2.21. The predicted molar refractivity (Wildman–Crippen MR) is 82.5 cm³/mol. The molecule has 0 heterocycles. The SMILES string of the molecule is C[C@@H](Cc1ccccc1)C(=O)NCCc1ccccc1. The average molecular weight is 267 g/mol. The van der Waals surface area contributed by atoms with E-state index >= 15 is 0 Å². The number of nitrogens with one attached hydrogen (secondary N) is 1. The molecule has 2 aromatic carbocycles. The Hall–Kier alpha value is -2.09. The Morgan fingerprint density at radius 3 is 2.10 bits per heavy atom. The Morgan fingerprint density at radius 1 is 0.950 bits per heavy atom. The molecule has 0 aromatic heterocycles. The Labute approximate surface area is 120 Å². The number of benzene rings is 2. The van der Waals surface area contributed by atoms with Crippen molar-refractivity contribution in [2.24, 2.45) is 5.92 Å². The number of rotatable bonds is 6. The molecule has 1 N–H and O–H groups in total. The zero-order chi connectivity index (χ0) is 14.2. The fourth-order valence-corrected chi connectivity index (χ4v) is 2.21. The molecule has 0 fully saturated rings. The van der Waals surface area contributed by atoms with Gasteiger partial charge in [0.05, 0.1) is 0 Å². The van der Waals surface area contributed by atoms with E-state index in [1.165, 1.54) is 11.1 Å². The summed E-state index contributed by atoms with van der Waals surface area (Å²) < 4.78 is 0. The van der Waals surface area contributed by atoms with Crippen LogP contribution in [0.25, 0.3) is 0 Å². The first-order valence-corrected chi connectivity index (χ1v) is 7.11. The lowest BCUT2D eigenvalue weighted by atomic mass is 10.0. The first-order valence-electron chi connectivity index (χ1n) is 7.11. The van der Waals surface area contributed by atoms with Crippen LogP contribution in [0.15, 0.2) is 60.7 Å². The molecule has 0 unspecified atom stereocenters. The van der Waals surface area contributed by atoms with Crippen molar-refractivity contribution >= 4 is 5.91 Å². The molecule has 0 aliphatic rings. The molecule has 0 radical (unpaired) electrons. The quantitative estimate of drug-likeness (QED) is 0.855. The van der Waals surface area contributed by atoms with Crippen LogP contribution in [0.5, 0.6) is 0 Å².